The van der Waals surface area contributed by atoms with Gasteiger partial charge in [-0.2, -0.15) is 0 Å². The third-order valence-corrected chi connectivity index (χ3v) is 4.36. The monoisotopic (exact) mass is 416 g/mol. The number of carbonyl (C=O) groups is 2. The number of hydrogen-bond donors (Lipinski definition) is 3. The van der Waals surface area contributed by atoms with Crippen molar-refractivity contribution in [1.29, 1.82) is 0 Å². The first-order valence-corrected chi connectivity index (χ1v) is 8.58. The standard InChI is InChI=1S/C20H15F3N4O3/c21-12-3-11(4-13(22)6-12)16(8-26-20(29)30)18-15(7-25-9-27-18)10-1-2-17(23)14(5-10)19(24)28/h1-7,9,16,26H,8H2,(H2,24,28)(H,29,30). The molecule has 0 saturated carbocycles. The Morgan fingerprint density at radius 2 is 1.80 bits per heavy atom. The molecule has 7 nitrogen and oxygen atoms in total. The number of primary amides is 1. The Labute approximate surface area is 168 Å². The minimum Gasteiger partial charge on any atom is -0.465 e. The molecule has 0 radical (unpaired) electrons. The lowest BCUT2D eigenvalue weighted by Gasteiger charge is -2.20. The normalized spacial score (nSPS) is 11.7. The van der Waals surface area contributed by atoms with E-state index >= 15 is 0 Å². The Balaban J connectivity index is 2.17. The molecular formula is C20H15F3N4O3. The van der Waals surface area contributed by atoms with Gasteiger partial charge >= 0.3 is 6.09 Å². The van der Waals surface area contributed by atoms with E-state index in [9.17, 15) is 22.8 Å². The number of carboxylic acid groups (broad SMARTS) is 1. The van der Waals surface area contributed by atoms with Crippen molar-refractivity contribution < 1.29 is 27.9 Å². The third-order valence-electron chi connectivity index (χ3n) is 4.36. The first-order valence-electron chi connectivity index (χ1n) is 8.58. The van der Waals surface area contributed by atoms with Crippen LogP contribution in [-0.4, -0.2) is 33.6 Å². The molecular weight excluding hydrogens is 401 g/mol. The number of aromatic nitrogens is 2. The molecule has 0 spiro atoms. The molecule has 0 aliphatic heterocycles. The molecule has 4 N–H and O–H groups in total. The molecule has 2 aromatic carbocycles. The van der Waals surface area contributed by atoms with Gasteiger partial charge in [0.05, 0.1) is 11.3 Å². The molecule has 10 heteroatoms. The van der Waals surface area contributed by atoms with Crippen LogP contribution in [0.15, 0.2) is 48.9 Å². The Morgan fingerprint density at radius 1 is 1.10 bits per heavy atom. The van der Waals surface area contributed by atoms with E-state index in [1.54, 1.807) is 0 Å². The average Bonchev–Trinajstić information content (AvgIpc) is 2.68. The van der Waals surface area contributed by atoms with Crippen LogP contribution in [0.5, 0.6) is 0 Å². The molecule has 1 heterocycles. The highest BCUT2D eigenvalue weighted by atomic mass is 19.1. The van der Waals surface area contributed by atoms with E-state index < -0.39 is 35.4 Å². The quantitative estimate of drug-likeness (QED) is 0.571. The predicted molar refractivity (Wildman–Crippen MR) is 100 cm³/mol. The average molecular weight is 416 g/mol. The van der Waals surface area contributed by atoms with Gasteiger partial charge < -0.3 is 16.2 Å². The van der Waals surface area contributed by atoms with Crippen molar-refractivity contribution in [2.75, 3.05) is 6.54 Å². The van der Waals surface area contributed by atoms with Crippen LogP contribution in [0.25, 0.3) is 11.1 Å². The highest BCUT2D eigenvalue weighted by molar-refractivity contribution is 5.94. The fourth-order valence-corrected chi connectivity index (χ4v) is 3.06. The zero-order chi connectivity index (χ0) is 21.8. The fourth-order valence-electron chi connectivity index (χ4n) is 3.06. The van der Waals surface area contributed by atoms with E-state index in [-0.39, 0.29) is 23.4 Å². The first-order chi connectivity index (χ1) is 14.3. The predicted octanol–water partition coefficient (Wildman–Crippen LogP) is 3.06. The van der Waals surface area contributed by atoms with Crippen molar-refractivity contribution in [1.82, 2.24) is 15.3 Å². The summed E-state index contributed by atoms with van der Waals surface area (Å²) in [5, 5.41) is 11.2. The van der Waals surface area contributed by atoms with Crippen LogP contribution in [0, 0.1) is 17.5 Å². The molecule has 1 atom stereocenters. The summed E-state index contributed by atoms with van der Waals surface area (Å²) in [6.45, 7) is -0.258. The molecule has 3 rings (SSSR count). The van der Waals surface area contributed by atoms with Gasteiger partial charge in [0.2, 0.25) is 0 Å². The molecule has 30 heavy (non-hydrogen) atoms. The summed E-state index contributed by atoms with van der Waals surface area (Å²) in [4.78, 5) is 30.6. The topological polar surface area (TPSA) is 118 Å². The smallest absolute Gasteiger partial charge is 0.404 e. The second-order valence-corrected chi connectivity index (χ2v) is 6.32. The molecule has 0 fully saturated rings. The minimum absolute atomic E-state index is 0.124. The van der Waals surface area contributed by atoms with Crippen LogP contribution in [0.4, 0.5) is 18.0 Å². The Kier molecular flexibility index (Phi) is 5.95. The number of rotatable bonds is 6. The van der Waals surface area contributed by atoms with E-state index in [0.29, 0.717) is 17.2 Å². The van der Waals surface area contributed by atoms with Gasteiger partial charge in [0.1, 0.15) is 23.8 Å². The number of carbonyl (C=O) groups excluding carboxylic acids is 1. The molecule has 0 saturated heterocycles. The van der Waals surface area contributed by atoms with Gasteiger partial charge in [0.25, 0.3) is 5.91 Å². The summed E-state index contributed by atoms with van der Waals surface area (Å²) >= 11 is 0. The largest absolute Gasteiger partial charge is 0.465 e. The van der Waals surface area contributed by atoms with E-state index in [4.69, 9.17) is 10.8 Å². The molecule has 0 aliphatic carbocycles. The van der Waals surface area contributed by atoms with Gasteiger partial charge in [0, 0.05) is 30.3 Å². The number of nitrogens with one attached hydrogen (secondary N) is 1. The molecule has 2 amide bonds. The summed E-state index contributed by atoms with van der Waals surface area (Å²) in [5.41, 5.74) is 5.80. The van der Waals surface area contributed by atoms with Crippen LogP contribution in [0.3, 0.4) is 0 Å². The molecule has 0 aliphatic rings. The van der Waals surface area contributed by atoms with Crippen LogP contribution in [0.1, 0.15) is 27.5 Å². The van der Waals surface area contributed by atoms with Gasteiger partial charge in [-0.25, -0.2) is 27.9 Å². The number of benzene rings is 2. The van der Waals surface area contributed by atoms with E-state index in [0.717, 1.165) is 18.2 Å². The van der Waals surface area contributed by atoms with Crippen molar-refractivity contribution in [3.8, 4) is 11.1 Å². The van der Waals surface area contributed by atoms with Crippen LogP contribution in [0.2, 0.25) is 0 Å². The summed E-state index contributed by atoms with van der Waals surface area (Å²) in [6.07, 6.45) is 1.20. The van der Waals surface area contributed by atoms with Crippen molar-refractivity contribution in [3.05, 3.63) is 83.2 Å². The third kappa shape index (κ3) is 4.54. The zero-order valence-electron chi connectivity index (χ0n) is 15.3. The summed E-state index contributed by atoms with van der Waals surface area (Å²) in [7, 11) is 0. The van der Waals surface area contributed by atoms with Gasteiger partial charge in [-0.1, -0.05) is 6.07 Å². The summed E-state index contributed by atoms with van der Waals surface area (Å²) < 4.78 is 41.5. The first kappa shape index (κ1) is 20.8. The van der Waals surface area contributed by atoms with Crippen molar-refractivity contribution in [2.24, 2.45) is 5.73 Å². The number of nitrogens with two attached hydrogens (primary N) is 1. The maximum atomic E-state index is 13.9. The SMILES string of the molecule is NC(=O)c1cc(-c2cncnc2C(CNC(=O)O)c2cc(F)cc(F)c2)ccc1F. The van der Waals surface area contributed by atoms with E-state index in [2.05, 4.69) is 15.3 Å². The van der Waals surface area contributed by atoms with E-state index in [1.165, 1.54) is 24.7 Å². The van der Waals surface area contributed by atoms with Gasteiger partial charge in [-0.05, 0) is 35.4 Å². The highest BCUT2D eigenvalue weighted by Crippen LogP contribution is 2.32. The van der Waals surface area contributed by atoms with Gasteiger partial charge in [-0.3, -0.25) is 4.79 Å². The van der Waals surface area contributed by atoms with Gasteiger partial charge in [-0.15, -0.1) is 0 Å². The number of nitrogens with zero attached hydrogens (tertiary/aromatic N) is 2. The van der Waals surface area contributed by atoms with Gasteiger partial charge in [0.15, 0.2) is 0 Å². The Morgan fingerprint density at radius 3 is 2.43 bits per heavy atom. The molecule has 3 aromatic rings. The van der Waals surface area contributed by atoms with Crippen LogP contribution in [-0.2, 0) is 0 Å². The molecule has 0 bridgehead atoms. The minimum atomic E-state index is -1.34. The van der Waals surface area contributed by atoms with Crippen LogP contribution >= 0.6 is 0 Å². The van der Waals surface area contributed by atoms with Crippen molar-refractivity contribution >= 4 is 12.0 Å². The number of halogens is 3. The fraction of sp³-hybridized carbons (Fsp3) is 0.100. The molecule has 1 aromatic heterocycles. The van der Waals surface area contributed by atoms with Crippen LogP contribution < -0.4 is 11.1 Å². The summed E-state index contributed by atoms with van der Waals surface area (Å²) in [6, 6.07) is 6.40. The second-order valence-electron chi connectivity index (χ2n) is 6.32. The number of hydrogen-bond acceptors (Lipinski definition) is 4. The Bertz CT molecular complexity index is 1100. The van der Waals surface area contributed by atoms with Crippen molar-refractivity contribution in [2.45, 2.75) is 5.92 Å². The zero-order valence-corrected chi connectivity index (χ0v) is 15.3. The van der Waals surface area contributed by atoms with E-state index in [1.807, 2.05) is 0 Å². The molecule has 1 unspecified atom stereocenters. The molecule has 154 valence electrons. The highest BCUT2D eigenvalue weighted by Gasteiger charge is 2.23. The van der Waals surface area contributed by atoms with Crippen molar-refractivity contribution in [3.63, 3.8) is 0 Å². The second kappa shape index (κ2) is 8.60. The maximum Gasteiger partial charge on any atom is 0.404 e. The lowest BCUT2D eigenvalue weighted by molar-refractivity contribution is 0.0996. The summed E-state index contributed by atoms with van der Waals surface area (Å²) in [5.74, 6) is -4.41. The lowest BCUT2D eigenvalue weighted by atomic mass is 9.89. The number of amides is 2. The Hall–Kier alpha value is -3.95. The lowest BCUT2D eigenvalue weighted by Crippen LogP contribution is -2.28. The maximum absolute atomic E-state index is 13.9.